The molecule has 0 N–H and O–H groups in total. The van der Waals surface area contributed by atoms with Gasteiger partial charge < -0.3 is 4.57 Å². The molecule has 1 fully saturated rings. The molecule has 2 heterocycles. The lowest BCUT2D eigenvalue weighted by molar-refractivity contribution is 0.144. The highest BCUT2D eigenvalue weighted by Gasteiger charge is 2.30. The maximum Gasteiger partial charge on any atom is 0.246 e. The van der Waals surface area contributed by atoms with E-state index in [0.29, 0.717) is 31.1 Å². The highest BCUT2D eigenvalue weighted by Crippen LogP contribution is 2.20. The van der Waals surface area contributed by atoms with Gasteiger partial charge in [-0.1, -0.05) is 18.2 Å². The molecule has 27 heavy (non-hydrogen) atoms. The molecule has 0 unspecified atom stereocenters. The first-order valence-corrected chi connectivity index (χ1v) is 10.4. The summed E-state index contributed by atoms with van der Waals surface area (Å²) in [6.07, 6.45) is 1.77. The second kappa shape index (κ2) is 8.01. The molecule has 0 bridgehead atoms. The lowest BCUT2D eigenvalue weighted by Crippen LogP contribution is -2.49. The number of piperazine rings is 1. The lowest BCUT2D eigenvalue weighted by Gasteiger charge is -2.33. The van der Waals surface area contributed by atoms with Crippen LogP contribution in [0.25, 0.3) is 0 Å². The molecule has 0 aliphatic carbocycles. The van der Waals surface area contributed by atoms with E-state index >= 15 is 0 Å². The van der Waals surface area contributed by atoms with Crippen molar-refractivity contribution < 1.29 is 12.8 Å². The van der Waals surface area contributed by atoms with Gasteiger partial charge in [0.1, 0.15) is 16.5 Å². The Balaban J connectivity index is 1.68. The van der Waals surface area contributed by atoms with Gasteiger partial charge in [-0.15, -0.1) is 6.58 Å². The summed E-state index contributed by atoms with van der Waals surface area (Å²) < 4.78 is 44.8. The Hall–Kier alpha value is -1.88. The van der Waals surface area contributed by atoms with Crippen molar-refractivity contribution in [2.45, 2.75) is 25.0 Å². The van der Waals surface area contributed by atoms with Gasteiger partial charge in [0, 0.05) is 32.7 Å². The van der Waals surface area contributed by atoms with Crippen LogP contribution in [0.3, 0.4) is 0 Å². The molecule has 10 heteroatoms. The SMILES string of the molecule is C=CCn1c(C)nn(CN2CCN(S(=O)(=O)c3ccccc3F)CC2)c1=S. The summed E-state index contributed by atoms with van der Waals surface area (Å²) in [6, 6.07) is 5.46. The Kier molecular flexibility index (Phi) is 5.89. The van der Waals surface area contributed by atoms with Gasteiger partial charge in [-0.2, -0.15) is 9.40 Å². The van der Waals surface area contributed by atoms with Crippen molar-refractivity contribution in [1.82, 2.24) is 23.6 Å². The summed E-state index contributed by atoms with van der Waals surface area (Å²) in [5, 5.41) is 4.45. The van der Waals surface area contributed by atoms with Gasteiger partial charge >= 0.3 is 0 Å². The number of allylic oxidation sites excluding steroid dienone is 1. The number of hydrogen-bond donors (Lipinski definition) is 0. The molecule has 0 atom stereocenters. The van der Waals surface area contributed by atoms with Crippen molar-refractivity contribution in [3.05, 3.63) is 53.3 Å². The van der Waals surface area contributed by atoms with E-state index in [2.05, 4.69) is 16.6 Å². The van der Waals surface area contributed by atoms with Crippen molar-refractivity contribution in [1.29, 1.82) is 0 Å². The zero-order valence-electron chi connectivity index (χ0n) is 15.1. The van der Waals surface area contributed by atoms with Crippen LogP contribution in [0.2, 0.25) is 0 Å². The van der Waals surface area contributed by atoms with Crippen LogP contribution in [-0.2, 0) is 23.2 Å². The number of halogens is 1. The van der Waals surface area contributed by atoms with E-state index in [0.717, 1.165) is 11.9 Å². The second-order valence-corrected chi connectivity index (χ2v) is 8.59. The number of hydrogen-bond acceptors (Lipinski definition) is 5. The van der Waals surface area contributed by atoms with Crippen LogP contribution in [-0.4, -0.2) is 58.1 Å². The molecule has 0 amide bonds. The molecular weight excluding hydrogens is 389 g/mol. The Morgan fingerprint density at radius 3 is 2.56 bits per heavy atom. The minimum atomic E-state index is -3.83. The van der Waals surface area contributed by atoms with Gasteiger partial charge in [0.2, 0.25) is 10.0 Å². The third kappa shape index (κ3) is 4.03. The fraction of sp³-hybridized carbons (Fsp3) is 0.412. The summed E-state index contributed by atoms with van der Waals surface area (Å²) in [5.74, 6) is 0.0788. The van der Waals surface area contributed by atoms with Gasteiger partial charge in [0.05, 0.1) is 6.67 Å². The second-order valence-electron chi connectivity index (χ2n) is 6.32. The smallest absolute Gasteiger partial charge is 0.246 e. The summed E-state index contributed by atoms with van der Waals surface area (Å²) >= 11 is 5.45. The van der Waals surface area contributed by atoms with Crippen molar-refractivity contribution in [2.24, 2.45) is 0 Å². The summed E-state index contributed by atoms with van der Waals surface area (Å²) in [7, 11) is -3.83. The third-order valence-electron chi connectivity index (χ3n) is 4.54. The number of aryl methyl sites for hydroxylation is 1. The first-order chi connectivity index (χ1) is 12.8. The minimum absolute atomic E-state index is 0.278. The summed E-state index contributed by atoms with van der Waals surface area (Å²) in [5.41, 5.74) is 0. The molecule has 1 aliphatic heterocycles. The van der Waals surface area contributed by atoms with E-state index in [1.165, 1.54) is 22.5 Å². The van der Waals surface area contributed by atoms with Gasteiger partial charge in [0.15, 0.2) is 4.77 Å². The Labute approximate surface area is 163 Å². The highest BCUT2D eigenvalue weighted by atomic mass is 32.2. The van der Waals surface area contributed by atoms with E-state index in [1.54, 1.807) is 10.8 Å². The fourth-order valence-electron chi connectivity index (χ4n) is 3.07. The van der Waals surface area contributed by atoms with E-state index in [1.807, 2.05) is 11.5 Å². The number of sulfonamides is 1. The van der Waals surface area contributed by atoms with Gasteiger partial charge in [-0.3, -0.25) is 4.90 Å². The molecule has 0 saturated carbocycles. The predicted molar refractivity (Wildman–Crippen MR) is 103 cm³/mol. The standard InChI is InChI=1S/C17H22FN5O2S2/c1-3-8-22-14(2)19-23(17(22)26)13-20-9-11-21(12-10-20)27(24,25)16-7-5-4-6-15(16)18/h3-7H,1,8-13H2,2H3. The molecule has 146 valence electrons. The molecule has 1 saturated heterocycles. The number of rotatable bonds is 6. The molecular formula is C17H22FN5O2S2. The first kappa shape index (κ1) is 19.9. The molecule has 1 aromatic carbocycles. The van der Waals surface area contributed by atoms with Crippen LogP contribution in [0, 0.1) is 17.5 Å². The van der Waals surface area contributed by atoms with Crippen molar-refractivity contribution in [3.8, 4) is 0 Å². The van der Waals surface area contributed by atoms with E-state index < -0.39 is 15.8 Å². The first-order valence-electron chi connectivity index (χ1n) is 8.57. The van der Waals surface area contributed by atoms with Crippen LogP contribution in [0.15, 0.2) is 41.8 Å². The topological polar surface area (TPSA) is 63.4 Å². The van der Waals surface area contributed by atoms with E-state index in [4.69, 9.17) is 12.2 Å². The van der Waals surface area contributed by atoms with Crippen molar-refractivity contribution >= 4 is 22.2 Å². The molecule has 7 nitrogen and oxygen atoms in total. The average Bonchev–Trinajstić information content (AvgIpc) is 2.90. The van der Waals surface area contributed by atoms with Crippen LogP contribution in [0.5, 0.6) is 0 Å². The molecule has 2 aromatic rings. The van der Waals surface area contributed by atoms with Crippen LogP contribution >= 0.6 is 12.2 Å². The number of aromatic nitrogens is 3. The van der Waals surface area contributed by atoms with Gasteiger partial charge in [-0.05, 0) is 31.3 Å². The van der Waals surface area contributed by atoms with Crippen molar-refractivity contribution in [3.63, 3.8) is 0 Å². The fourth-order valence-corrected chi connectivity index (χ4v) is 4.87. The van der Waals surface area contributed by atoms with Crippen LogP contribution in [0.1, 0.15) is 5.82 Å². The van der Waals surface area contributed by atoms with Crippen LogP contribution < -0.4 is 0 Å². The molecule has 0 spiro atoms. The van der Waals surface area contributed by atoms with E-state index in [-0.39, 0.29) is 18.0 Å². The Morgan fingerprint density at radius 1 is 1.26 bits per heavy atom. The lowest BCUT2D eigenvalue weighted by atomic mass is 10.3. The zero-order chi connectivity index (χ0) is 19.6. The Bertz CT molecular complexity index is 991. The average molecular weight is 412 g/mol. The largest absolute Gasteiger partial charge is 0.300 e. The number of nitrogens with zero attached hydrogens (tertiary/aromatic N) is 5. The number of benzene rings is 1. The monoisotopic (exact) mass is 411 g/mol. The molecule has 1 aromatic heterocycles. The highest BCUT2D eigenvalue weighted by molar-refractivity contribution is 7.89. The summed E-state index contributed by atoms with van der Waals surface area (Å²) in [6.45, 7) is 8.30. The van der Waals surface area contributed by atoms with Crippen LogP contribution in [0.4, 0.5) is 4.39 Å². The van der Waals surface area contributed by atoms with Crippen molar-refractivity contribution in [2.75, 3.05) is 26.2 Å². The molecule has 1 aliphatic rings. The quantitative estimate of drug-likeness (QED) is 0.538. The normalized spacial score (nSPS) is 16.5. The van der Waals surface area contributed by atoms with Gasteiger partial charge in [-0.25, -0.2) is 17.5 Å². The van der Waals surface area contributed by atoms with Gasteiger partial charge in [0.25, 0.3) is 0 Å². The maximum atomic E-state index is 13.9. The third-order valence-corrected chi connectivity index (χ3v) is 6.90. The maximum absolute atomic E-state index is 13.9. The summed E-state index contributed by atoms with van der Waals surface area (Å²) in [4.78, 5) is 1.80. The molecule has 0 radical (unpaired) electrons. The Morgan fingerprint density at radius 2 is 1.93 bits per heavy atom. The zero-order valence-corrected chi connectivity index (χ0v) is 16.7. The van der Waals surface area contributed by atoms with E-state index in [9.17, 15) is 12.8 Å². The predicted octanol–water partition coefficient (Wildman–Crippen LogP) is 2.01. The molecule has 3 rings (SSSR count). The minimum Gasteiger partial charge on any atom is -0.300 e.